The van der Waals surface area contributed by atoms with Crippen LogP contribution in [-0.2, 0) is 39.8 Å². The molecule has 1 fully saturated rings. The van der Waals surface area contributed by atoms with Crippen LogP contribution in [0.2, 0.25) is 0 Å². The topological polar surface area (TPSA) is 93.2 Å². The van der Waals surface area contributed by atoms with Crippen molar-refractivity contribution >= 4 is 82.3 Å². The van der Waals surface area contributed by atoms with E-state index in [-0.39, 0.29) is 29.2 Å². The monoisotopic (exact) mass is 1360 g/mol. The van der Waals surface area contributed by atoms with Gasteiger partial charge in [0.1, 0.15) is 0 Å². The number of rotatable bonds is 6. The highest BCUT2D eigenvalue weighted by molar-refractivity contribution is 9.10. The van der Waals surface area contributed by atoms with Crippen LogP contribution in [0.15, 0.2) is 303 Å². The van der Waals surface area contributed by atoms with E-state index in [4.69, 9.17) is 9.31 Å². The summed E-state index contributed by atoms with van der Waals surface area (Å²) < 4.78 is 65.5. The van der Waals surface area contributed by atoms with Gasteiger partial charge in [0.15, 0.2) is 0 Å². The molecule has 12 heteroatoms. The molecule has 0 saturated carbocycles. The van der Waals surface area contributed by atoms with Gasteiger partial charge in [0.2, 0.25) is 19.7 Å². The van der Waals surface area contributed by atoms with Gasteiger partial charge in [0.05, 0.1) is 53.5 Å². The minimum Gasteiger partial charge on any atom is -0.399 e. The summed E-state index contributed by atoms with van der Waals surface area (Å²) in [6.07, 6.45) is 0. The van der Waals surface area contributed by atoms with Crippen LogP contribution in [0.5, 0.6) is 0 Å². The molecule has 12 aromatic rings. The standard InChI is InChI=1S/C39H29NO2S.C27H30BNO2.C18H11BrO2S/c1-39(2)33-12-6-8-14-35(33)40(36-15-9-7-13-34(36)39)30-20-16-27(17-21-30)29-19-23-38-32(25-29)31-24-28(26-10-4-3-5-11-26)18-22-37(31)43(38,41)42;1-25(2)21-11-7-9-13-23(21)29(24-14-10-8-12-22(24)25)20-17-15-19(16-18-20)28-30-26(3,4)27(5,6)31-28;19-14-7-9-18-16(11-14)15-10-13(12-4-2-1-3-5-12)6-8-17(15)22(18,20)21/h3-25H,1-2H3;7-18H,1-6H3;1-11H. The fourth-order valence-electron chi connectivity index (χ4n) is 14.4. The Balaban J connectivity index is 0.000000125. The van der Waals surface area contributed by atoms with Crippen LogP contribution >= 0.6 is 15.9 Å². The maximum atomic E-state index is 13.4. The zero-order valence-corrected chi connectivity index (χ0v) is 57.9. The Morgan fingerprint density at radius 2 is 0.594 bits per heavy atom. The van der Waals surface area contributed by atoms with Crippen LogP contribution in [-0.4, -0.2) is 35.2 Å². The lowest BCUT2D eigenvalue weighted by molar-refractivity contribution is 0.00578. The molecule has 0 unspecified atom stereocenters. The molecule has 5 aliphatic rings. The van der Waals surface area contributed by atoms with E-state index in [9.17, 15) is 16.8 Å². The minimum atomic E-state index is -3.56. The van der Waals surface area contributed by atoms with Gasteiger partial charge in [-0.25, -0.2) is 16.8 Å². The van der Waals surface area contributed by atoms with Crippen molar-refractivity contribution < 1.29 is 26.1 Å². The maximum Gasteiger partial charge on any atom is 0.494 e. The van der Waals surface area contributed by atoms with Gasteiger partial charge >= 0.3 is 7.12 Å². The number of sulfone groups is 2. The third-order valence-electron chi connectivity index (χ3n) is 20.2. The summed E-state index contributed by atoms with van der Waals surface area (Å²) in [5, 5.41) is 0. The van der Waals surface area contributed by atoms with Crippen LogP contribution in [0.3, 0.4) is 0 Å². The van der Waals surface area contributed by atoms with Crippen molar-refractivity contribution in [2.45, 2.75) is 97.0 Å². The predicted octanol–water partition coefficient (Wildman–Crippen LogP) is 21.0. The summed E-state index contributed by atoms with van der Waals surface area (Å²) in [7, 11) is -7.31. The predicted molar refractivity (Wildman–Crippen MR) is 394 cm³/mol. The number of fused-ring (bicyclic) bond motifs is 10. The molecule has 474 valence electrons. The van der Waals surface area contributed by atoms with Crippen molar-refractivity contribution in [1.82, 2.24) is 0 Å². The molecule has 0 atom stereocenters. The second-order valence-electron chi connectivity index (χ2n) is 27.2. The van der Waals surface area contributed by atoms with Crippen molar-refractivity contribution in [1.29, 1.82) is 0 Å². The molecule has 1 saturated heterocycles. The fraction of sp³-hybridized carbons (Fsp3) is 0.143. The molecule has 0 radical (unpaired) electrons. The minimum absolute atomic E-state index is 0.0493. The number of benzene rings is 12. The molecule has 0 N–H and O–H groups in total. The molecule has 12 aromatic carbocycles. The van der Waals surface area contributed by atoms with E-state index in [1.54, 1.807) is 30.3 Å². The van der Waals surface area contributed by atoms with Crippen LogP contribution in [0.4, 0.5) is 34.1 Å². The van der Waals surface area contributed by atoms with Crippen LogP contribution < -0.4 is 15.3 Å². The third-order valence-corrected chi connectivity index (χ3v) is 24.5. The second-order valence-corrected chi connectivity index (χ2v) is 31.9. The van der Waals surface area contributed by atoms with E-state index < -0.39 is 19.7 Å². The van der Waals surface area contributed by atoms with Crippen molar-refractivity contribution in [2.75, 3.05) is 9.80 Å². The third kappa shape index (κ3) is 10.5. The first-order valence-corrected chi connectivity index (χ1v) is 36.2. The smallest absolute Gasteiger partial charge is 0.399 e. The van der Waals surface area contributed by atoms with Gasteiger partial charge in [-0.05, 0) is 192 Å². The van der Waals surface area contributed by atoms with Gasteiger partial charge < -0.3 is 19.1 Å². The number of para-hydroxylation sites is 4. The maximum absolute atomic E-state index is 13.4. The van der Waals surface area contributed by atoms with Gasteiger partial charge in [-0.1, -0.05) is 220 Å². The highest BCUT2D eigenvalue weighted by Crippen LogP contribution is 2.55. The Hall–Kier alpha value is -9.40. The summed E-state index contributed by atoms with van der Waals surface area (Å²) in [5.41, 5.74) is 21.8. The van der Waals surface area contributed by atoms with Gasteiger partial charge in [-0.15, -0.1) is 0 Å². The molecule has 0 aromatic heterocycles. The van der Waals surface area contributed by atoms with E-state index in [2.05, 4.69) is 227 Å². The molecule has 17 rings (SSSR count). The van der Waals surface area contributed by atoms with Crippen LogP contribution in [0.1, 0.15) is 77.6 Å². The molecule has 0 amide bonds. The van der Waals surface area contributed by atoms with E-state index in [0.29, 0.717) is 19.6 Å². The van der Waals surface area contributed by atoms with Crippen LogP contribution in [0, 0.1) is 0 Å². The summed E-state index contributed by atoms with van der Waals surface area (Å²) in [6.45, 7) is 17.6. The lowest BCUT2D eigenvalue weighted by Gasteiger charge is -2.42. The quantitative estimate of drug-likeness (QED) is 0.152. The number of anilines is 6. The highest BCUT2D eigenvalue weighted by Gasteiger charge is 2.52. The second kappa shape index (κ2) is 23.5. The SMILES string of the molecule is CC1(C)c2ccccc2N(c2ccc(-c3ccc4c(c3)-c3cc(-c5ccccc5)ccc3S4(=O)=O)cc2)c2ccccc21.CC1(C)c2ccccc2N(c2ccc(B3OC(C)(C)C(C)(C)O3)cc2)c2ccccc21.O=S1(=O)c2ccc(Br)cc2-c2cc(-c3ccccc3)ccc21. The molecule has 5 heterocycles. The molecular formula is C84H70BBrN2O6S2. The first-order valence-electron chi connectivity index (χ1n) is 32.4. The molecule has 0 aliphatic carbocycles. The van der Waals surface area contributed by atoms with E-state index in [0.717, 1.165) is 76.9 Å². The van der Waals surface area contributed by atoms with Crippen molar-refractivity contribution in [3.05, 3.63) is 306 Å². The first-order chi connectivity index (χ1) is 46.0. The summed E-state index contributed by atoms with van der Waals surface area (Å²) in [6, 6.07) is 94.1. The average molecular weight is 1360 g/mol. The van der Waals surface area contributed by atoms with Crippen molar-refractivity contribution in [2.24, 2.45) is 0 Å². The molecular weight excluding hydrogens is 1290 g/mol. The number of halogens is 1. The Morgan fingerprint density at radius 3 is 0.948 bits per heavy atom. The zero-order chi connectivity index (χ0) is 66.7. The van der Waals surface area contributed by atoms with Crippen molar-refractivity contribution in [3.8, 4) is 55.6 Å². The Labute approximate surface area is 572 Å². The molecule has 0 spiro atoms. The number of hydrogen-bond acceptors (Lipinski definition) is 8. The van der Waals surface area contributed by atoms with E-state index in [1.165, 1.54) is 45.0 Å². The van der Waals surface area contributed by atoms with E-state index >= 15 is 0 Å². The van der Waals surface area contributed by atoms with E-state index in [1.807, 2.05) is 103 Å². The summed E-state index contributed by atoms with van der Waals surface area (Å²) in [4.78, 5) is 6.23. The Kier molecular flexibility index (Phi) is 15.3. The van der Waals surface area contributed by atoms with Gasteiger partial charge in [0, 0.05) is 48.9 Å². The fourth-order valence-corrected chi connectivity index (χ4v) is 18.0. The molecule has 5 aliphatic heterocycles. The average Bonchev–Trinajstić information content (AvgIpc) is 0.896. The van der Waals surface area contributed by atoms with Gasteiger partial charge in [-0.2, -0.15) is 0 Å². The molecule has 96 heavy (non-hydrogen) atoms. The molecule has 0 bridgehead atoms. The first kappa shape index (κ1) is 62.7. The van der Waals surface area contributed by atoms with Crippen LogP contribution in [0.25, 0.3) is 55.6 Å². The van der Waals surface area contributed by atoms with Gasteiger partial charge in [-0.3, -0.25) is 0 Å². The van der Waals surface area contributed by atoms with Crippen molar-refractivity contribution in [3.63, 3.8) is 0 Å². The zero-order valence-electron chi connectivity index (χ0n) is 54.7. The van der Waals surface area contributed by atoms with Gasteiger partial charge in [0.25, 0.3) is 0 Å². The molecule has 8 nitrogen and oxygen atoms in total. The number of nitrogens with zero attached hydrogens (tertiary/aromatic N) is 2. The number of hydrogen-bond donors (Lipinski definition) is 0. The Bertz CT molecular complexity index is 5190. The lowest BCUT2D eigenvalue weighted by Crippen LogP contribution is -2.41. The highest BCUT2D eigenvalue weighted by atomic mass is 79.9. The normalized spacial score (nSPS) is 16.7. The summed E-state index contributed by atoms with van der Waals surface area (Å²) >= 11 is 3.42. The largest absolute Gasteiger partial charge is 0.494 e. The summed E-state index contributed by atoms with van der Waals surface area (Å²) in [5.74, 6) is 0. The lowest BCUT2D eigenvalue weighted by atomic mass is 9.73. The Morgan fingerprint density at radius 1 is 0.312 bits per heavy atom.